The highest BCUT2D eigenvalue weighted by atomic mass is 32.2. The highest BCUT2D eigenvalue weighted by Crippen LogP contribution is 2.47. The van der Waals surface area contributed by atoms with Crippen LogP contribution in [0.1, 0.15) is 22.3 Å². The molecule has 7 heteroatoms. The molecule has 6 nitrogen and oxygen atoms in total. The first-order chi connectivity index (χ1) is 16.1. The van der Waals surface area contributed by atoms with E-state index in [1.165, 1.54) is 21.2 Å². The number of anilines is 3. The van der Waals surface area contributed by atoms with Gasteiger partial charge in [0, 0.05) is 47.2 Å². The van der Waals surface area contributed by atoms with Crippen molar-refractivity contribution in [1.82, 2.24) is 10.6 Å². The minimum absolute atomic E-state index is 0.0884. The average Bonchev–Trinajstić information content (AvgIpc) is 3.26. The van der Waals surface area contributed by atoms with Gasteiger partial charge in [0.1, 0.15) is 0 Å². The molecule has 0 atom stereocenters. The molecule has 1 fully saturated rings. The first kappa shape index (κ1) is 21.4. The number of fused-ring (bicyclic) bond motifs is 2. The molecule has 0 aromatic heterocycles. The third-order valence-electron chi connectivity index (χ3n) is 5.98. The van der Waals surface area contributed by atoms with E-state index >= 15 is 0 Å². The molecular formula is C26H26N4O2S. The lowest BCUT2D eigenvalue weighted by molar-refractivity contribution is 0.0953. The largest absolute Gasteiger partial charge is 0.352 e. The number of benzene rings is 3. The van der Waals surface area contributed by atoms with Gasteiger partial charge in [-0.25, -0.2) is 4.79 Å². The Hall–Kier alpha value is -3.45. The number of para-hydroxylation sites is 2. The molecule has 2 heterocycles. The number of rotatable bonds is 6. The Morgan fingerprint density at radius 1 is 1.00 bits per heavy atom. The SMILES string of the molecule is Cc1cc(C(=O)NCCCN2c3ccccc3Sc3ccccc32)ccc1N1CCNC1=O. The molecule has 0 unspecified atom stereocenters. The van der Waals surface area contributed by atoms with E-state index < -0.39 is 0 Å². The minimum Gasteiger partial charge on any atom is -0.352 e. The average molecular weight is 459 g/mol. The Labute approximate surface area is 198 Å². The van der Waals surface area contributed by atoms with Crippen LogP contribution in [-0.2, 0) is 0 Å². The van der Waals surface area contributed by atoms with Crippen molar-refractivity contribution >= 4 is 40.8 Å². The van der Waals surface area contributed by atoms with Crippen molar-refractivity contribution in [2.45, 2.75) is 23.1 Å². The van der Waals surface area contributed by atoms with Crippen LogP contribution >= 0.6 is 11.8 Å². The van der Waals surface area contributed by atoms with Crippen molar-refractivity contribution in [3.05, 3.63) is 77.9 Å². The standard InChI is InChI=1S/C26H26N4O2S/c1-18-17-19(11-12-20(18)30-16-14-28-26(30)32)25(31)27-13-6-15-29-21-7-2-4-9-23(21)33-24-10-5-3-8-22(24)29/h2-5,7-12,17H,6,13-16H2,1H3,(H,27,31)(H,28,32). The van der Waals surface area contributed by atoms with Gasteiger partial charge >= 0.3 is 6.03 Å². The number of hydrogen-bond acceptors (Lipinski definition) is 4. The molecule has 3 amide bonds. The molecule has 0 radical (unpaired) electrons. The van der Waals surface area contributed by atoms with E-state index in [2.05, 4.69) is 64.1 Å². The predicted molar refractivity (Wildman–Crippen MR) is 133 cm³/mol. The smallest absolute Gasteiger partial charge is 0.322 e. The molecule has 0 bridgehead atoms. The van der Waals surface area contributed by atoms with Crippen LogP contribution in [0.15, 0.2) is 76.5 Å². The first-order valence-corrected chi connectivity index (χ1v) is 12.0. The van der Waals surface area contributed by atoms with E-state index in [-0.39, 0.29) is 11.9 Å². The molecule has 0 spiro atoms. The summed E-state index contributed by atoms with van der Waals surface area (Å²) in [6.45, 7) is 4.62. The number of amides is 3. The fourth-order valence-electron chi connectivity index (χ4n) is 4.36. The van der Waals surface area contributed by atoms with Crippen LogP contribution in [0, 0.1) is 6.92 Å². The van der Waals surface area contributed by atoms with Crippen molar-refractivity contribution in [1.29, 1.82) is 0 Å². The topological polar surface area (TPSA) is 64.7 Å². The Morgan fingerprint density at radius 3 is 2.33 bits per heavy atom. The van der Waals surface area contributed by atoms with Crippen molar-refractivity contribution in [3.63, 3.8) is 0 Å². The van der Waals surface area contributed by atoms with E-state index in [4.69, 9.17) is 0 Å². The molecule has 0 aliphatic carbocycles. The van der Waals surface area contributed by atoms with Gasteiger partial charge in [0.25, 0.3) is 5.91 Å². The number of nitrogens with one attached hydrogen (secondary N) is 2. The summed E-state index contributed by atoms with van der Waals surface area (Å²) >= 11 is 1.80. The van der Waals surface area contributed by atoms with Crippen molar-refractivity contribution < 1.29 is 9.59 Å². The third-order valence-corrected chi connectivity index (χ3v) is 7.11. The van der Waals surface area contributed by atoms with Gasteiger partial charge in [0.05, 0.1) is 11.4 Å². The zero-order valence-electron chi connectivity index (χ0n) is 18.5. The molecule has 3 aromatic rings. The number of carbonyl (C=O) groups is 2. The van der Waals surface area contributed by atoms with Gasteiger partial charge in [0.15, 0.2) is 0 Å². The lowest BCUT2D eigenvalue weighted by atomic mass is 10.1. The molecule has 5 rings (SSSR count). The molecule has 2 aliphatic heterocycles. The van der Waals surface area contributed by atoms with E-state index in [9.17, 15) is 9.59 Å². The van der Waals surface area contributed by atoms with E-state index in [0.717, 1.165) is 24.2 Å². The van der Waals surface area contributed by atoms with Gasteiger partial charge in [-0.2, -0.15) is 0 Å². The van der Waals surface area contributed by atoms with E-state index in [1.54, 1.807) is 22.7 Å². The maximum atomic E-state index is 12.7. The summed E-state index contributed by atoms with van der Waals surface area (Å²) in [7, 11) is 0. The highest BCUT2D eigenvalue weighted by molar-refractivity contribution is 7.99. The zero-order valence-corrected chi connectivity index (χ0v) is 19.3. The molecule has 3 aromatic carbocycles. The van der Waals surface area contributed by atoms with Gasteiger partial charge in [-0.1, -0.05) is 36.0 Å². The van der Waals surface area contributed by atoms with Crippen LogP contribution in [0.5, 0.6) is 0 Å². The fourth-order valence-corrected chi connectivity index (χ4v) is 5.46. The maximum Gasteiger partial charge on any atom is 0.322 e. The number of nitrogens with zero attached hydrogens (tertiary/aromatic N) is 2. The molecule has 168 valence electrons. The Bertz CT molecular complexity index is 1170. The van der Waals surface area contributed by atoms with Crippen LogP contribution in [0.3, 0.4) is 0 Å². The van der Waals surface area contributed by atoms with Crippen LogP contribution in [0.2, 0.25) is 0 Å². The van der Waals surface area contributed by atoms with Crippen molar-refractivity contribution in [2.24, 2.45) is 0 Å². The van der Waals surface area contributed by atoms with E-state index in [0.29, 0.717) is 25.2 Å². The summed E-state index contributed by atoms with van der Waals surface area (Å²) < 4.78 is 0. The molecular weight excluding hydrogens is 432 g/mol. The molecule has 2 N–H and O–H groups in total. The number of hydrogen-bond donors (Lipinski definition) is 2. The predicted octanol–water partition coefficient (Wildman–Crippen LogP) is 4.95. The zero-order chi connectivity index (χ0) is 22.8. The minimum atomic E-state index is -0.0921. The first-order valence-electron chi connectivity index (χ1n) is 11.2. The van der Waals surface area contributed by atoms with Gasteiger partial charge in [-0.05, 0) is 61.4 Å². The van der Waals surface area contributed by atoms with Crippen LogP contribution < -0.4 is 20.4 Å². The summed E-state index contributed by atoms with van der Waals surface area (Å²) in [5.41, 5.74) is 4.80. The monoisotopic (exact) mass is 458 g/mol. The summed E-state index contributed by atoms with van der Waals surface area (Å²) in [4.78, 5) is 31.2. The lowest BCUT2D eigenvalue weighted by Gasteiger charge is -2.32. The number of aryl methyl sites for hydroxylation is 1. The summed E-state index contributed by atoms with van der Waals surface area (Å²) in [6, 6.07) is 22.3. The van der Waals surface area contributed by atoms with Crippen LogP contribution in [-0.4, -0.2) is 38.1 Å². The van der Waals surface area contributed by atoms with Gasteiger partial charge in [-0.15, -0.1) is 0 Å². The maximum absolute atomic E-state index is 12.7. The molecule has 1 saturated heterocycles. The van der Waals surface area contributed by atoms with Gasteiger partial charge in [-0.3, -0.25) is 9.69 Å². The van der Waals surface area contributed by atoms with E-state index in [1.807, 2.05) is 19.1 Å². The number of urea groups is 1. The Kier molecular flexibility index (Phi) is 5.96. The summed E-state index contributed by atoms with van der Waals surface area (Å²) in [6.07, 6.45) is 0.824. The van der Waals surface area contributed by atoms with Crippen molar-refractivity contribution in [3.8, 4) is 0 Å². The summed E-state index contributed by atoms with van der Waals surface area (Å²) in [5.74, 6) is -0.0921. The van der Waals surface area contributed by atoms with Gasteiger partial charge < -0.3 is 15.5 Å². The fraction of sp³-hybridized carbons (Fsp3) is 0.231. The second-order valence-corrected chi connectivity index (χ2v) is 9.27. The molecule has 2 aliphatic rings. The van der Waals surface area contributed by atoms with Crippen molar-refractivity contribution in [2.75, 3.05) is 36.0 Å². The summed E-state index contributed by atoms with van der Waals surface area (Å²) in [5, 5.41) is 5.86. The second kappa shape index (κ2) is 9.19. The highest BCUT2D eigenvalue weighted by Gasteiger charge is 2.24. The van der Waals surface area contributed by atoms with Gasteiger partial charge in [0.2, 0.25) is 0 Å². The quantitative estimate of drug-likeness (QED) is 0.513. The number of carbonyl (C=O) groups excluding carboxylic acids is 2. The van der Waals surface area contributed by atoms with Crippen LogP contribution in [0.25, 0.3) is 0 Å². The van der Waals surface area contributed by atoms with Crippen LogP contribution in [0.4, 0.5) is 21.9 Å². The molecule has 0 saturated carbocycles. The lowest BCUT2D eigenvalue weighted by Crippen LogP contribution is -2.30. The normalized spacial score (nSPS) is 14.5. The molecule has 33 heavy (non-hydrogen) atoms. The second-order valence-electron chi connectivity index (χ2n) is 8.18. The Morgan fingerprint density at radius 2 is 1.70 bits per heavy atom. The third kappa shape index (κ3) is 4.28. The Balaban J connectivity index is 1.21.